The number of anilines is 1. The summed E-state index contributed by atoms with van der Waals surface area (Å²) in [6.07, 6.45) is -0.733. The molecule has 0 unspecified atom stereocenters. The topological polar surface area (TPSA) is 187 Å². The molecule has 3 amide bonds. The van der Waals surface area contributed by atoms with Crippen LogP contribution in [0, 0.1) is 12.3 Å². The Morgan fingerprint density at radius 2 is 1.65 bits per heavy atom. The molecule has 2 fully saturated rings. The maximum Gasteiger partial charge on any atom is 0.246 e. The first-order chi connectivity index (χ1) is 27.2. The van der Waals surface area contributed by atoms with Crippen molar-refractivity contribution in [3.05, 3.63) is 101 Å². The number of benzene rings is 3. The molecule has 0 spiro atoms. The predicted molar refractivity (Wildman–Crippen MR) is 220 cm³/mol. The molecule has 14 heteroatoms. The zero-order chi connectivity index (χ0) is 40.4. The molecule has 0 aliphatic carbocycles. The first-order valence-corrected chi connectivity index (χ1v) is 19.9. The fourth-order valence-electron chi connectivity index (χ4n) is 7.49. The van der Waals surface area contributed by atoms with E-state index in [1.807, 2.05) is 98.8 Å². The first-order valence-electron chi connectivity index (χ1n) is 19.0. The zero-order valence-electron chi connectivity index (χ0n) is 32.5. The second-order valence-electron chi connectivity index (χ2n) is 16.0. The summed E-state index contributed by atoms with van der Waals surface area (Å²) < 4.78 is 0. The number of thiazole rings is 1. The summed E-state index contributed by atoms with van der Waals surface area (Å²) in [5.74, 6) is -0.401. The van der Waals surface area contributed by atoms with E-state index in [4.69, 9.17) is 5.73 Å². The fraction of sp³-hybridized carbons (Fsp3) is 0.349. The van der Waals surface area contributed by atoms with E-state index in [9.17, 15) is 24.6 Å². The number of aliphatic hydroxyl groups is 1. The molecule has 0 bridgehead atoms. The summed E-state index contributed by atoms with van der Waals surface area (Å²) in [7, 11) is 0. The first kappa shape index (κ1) is 39.5. The van der Waals surface area contributed by atoms with Crippen LogP contribution in [-0.4, -0.2) is 97.3 Å². The molecule has 3 atom stereocenters. The number of carbonyl (C=O) groups is 3. The highest BCUT2D eigenvalue weighted by molar-refractivity contribution is 7.13. The summed E-state index contributed by atoms with van der Waals surface area (Å²) >= 11 is 1.58. The average molecular weight is 789 g/mol. The van der Waals surface area contributed by atoms with Crippen LogP contribution in [0.4, 0.5) is 5.82 Å². The standard InChI is InChI=1S/C43H48N8O5S/c1-25-38(57-24-46-25)29-11-9-26(10-12-29)19-45-41(55)35-17-31(52)22-51(35)42(56)39(43(2,3)4)47-37(54)23-50-20-30(21-50)27-13-15-28(16-14-27)33-18-34(48-49-40(33)44)32-7-5-6-8-36(32)53/h5-16,18,24,30-31,35,39,52-53H,17,19-23H2,1-4H3,(H2,44,49)(H,45,55)(H,47,54)/t31-,35+,39-/m1/s1. The lowest BCUT2D eigenvalue weighted by molar-refractivity contribution is -0.144. The number of aromatic nitrogens is 3. The van der Waals surface area contributed by atoms with Gasteiger partial charge in [0.1, 0.15) is 17.8 Å². The molecule has 7 rings (SSSR count). The number of nitrogen functional groups attached to an aromatic ring is 1. The third-order valence-electron chi connectivity index (χ3n) is 10.7. The highest BCUT2D eigenvalue weighted by Gasteiger charge is 2.44. The number of β-amino-alcohol motifs (C(OH)–C–C–N with tert-alkyl or cyclic N) is 1. The van der Waals surface area contributed by atoms with Crippen LogP contribution in [0.3, 0.4) is 0 Å². The van der Waals surface area contributed by atoms with Gasteiger partial charge >= 0.3 is 0 Å². The Kier molecular flexibility index (Phi) is 11.4. The number of hydrogen-bond donors (Lipinski definition) is 5. The maximum absolute atomic E-state index is 14.1. The molecule has 296 valence electrons. The number of nitrogens with two attached hydrogens (primary N) is 1. The molecular formula is C43H48N8O5S. The van der Waals surface area contributed by atoms with Crippen molar-refractivity contribution in [2.75, 3.05) is 31.9 Å². The second kappa shape index (κ2) is 16.4. The van der Waals surface area contributed by atoms with Crippen molar-refractivity contribution in [3.8, 4) is 38.6 Å². The van der Waals surface area contributed by atoms with Crippen LogP contribution in [-0.2, 0) is 20.9 Å². The van der Waals surface area contributed by atoms with Crippen LogP contribution in [0.1, 0.15) is 49.9 Å². The Morgan fingerprint density at radius 3 is 2.32 bits per heavy atom. The molecule has 57 heavy (non-hydrogen) atoms. The number of amides is 3. The normalized spacial score (nSPS) is 17.9. The quantitative estimate of drug-likeness (QED) is 0.125. The average Bonchev–Trinajstić information content (AvgIpc) is 3.79. The smallest absolute Gasteiger partial charge is 0.246 e. The van der Waals surface area contributed by atoms with Crippen LogP contribution in [0.25, 0.3) is 32.8 Å². The molecule has 13 nitrogen and oxygen atoms in total. The van der Waals surface area contributed by atoms with Crippen LogP contribution in [0.2, 0.25) is 0 Å². The molecule has 0 saturated carbocycles. The van der Waals surface area contributed by atoms with E-state index in [1.54, 1.807) is 29.5 Å². The number of nitrogens with one attached hydrogen (secondary N) is 2. The van der Waals surface area contributed by atoms with Crippen molar-refractivity contribution in [3.63, 3.8) is 0 Å². The van der Waals surface area contributed by atoms with Gasteiger partial charge in [-0.25, -0.2) is 4.98 Å². The molecule has 2 aliphatic rings. The highest BCUT2D eigenvalue weighted by Crippen LogP contribution is 2.34. The molecule has 2 aromatic heterocycles. The minimum atomic E-state index is -0.903. The Balaban J connectivity index is 0.927. The van der Waals surface area contributed by atoms with Crippen LogP contribution >= 0.6 is 11.3 Å². The second-order valence-corrected chi connectivity index (χ2v) is 16.9. The Bertz CT molecular complexity index is 2250. The van der Waals surface area contributed by atoms with Gasteiger partial charge in [-0.1, -0.05) is 81.4 Å². The molecule has 3 aromatic carbocycles. The van der Waals surface area contributed by atoms with Crippen molar-refractivity contribution in [1.29, 1.82) is 0 Å². The Morgan fingerprint density at radius 1 is 0.947 bits per heavy atom. The van der Waals surface area contributed by atoms with E-state index in [0.29, 0.717) is 29.9 Å². The molecule has 2 saturated heterocycles. The molecule has 0 radical (unpaired) electrons. The summed E-state index contributed by atoms with van der Waals surface area (Å²) in [6.45, 7) is 9.35. The number of aromatic hydroxyl groups is 1. The summed E-state index contributed by atoms with van der Waals surface area (Å²) in [5, 5.41) is 35.1. The molecule has 6 N–H and O–H groups in total. The van der Waals surface area contributed by atoms with Gasteiger partial charge in [-0.15, -0.1) is 21.5 Å². The molecule has 4 heterocycles. The van der Waals surface area contributed by atoms with Gasteiger partial charge in [0, 0.05) is 49.6 Å². The number of rotatable bonds is 11. The van der Waals surface area contributed by atoms with Gasteiger partial charge in [0.2, 0.25) is 17.7 Å². The zero-order valence-corrected chi connectivity index (χ0v) is 33.3. The summed E-state index contributed by atoms with van der Waals surface area (Å²) in [4.78, 5) is 49.8. The minimum absolute atomic E-state index is 0.0108. The van der Waals surface area contributed by atoms with Gasteiger partial charge in [0.25, 0.3) is 0 Å². The van der Waals surface area contributed by atoms with Gasteiger partial charge in [-0.3, -0.25) is 19.3 Å². The Hall–Kier alpha value is -5.70. The van der Waals surface area contributed by atoms with Crippen LogP contribution in [0.15, 0.2) is 84.4 Å². The number of aliphatic hydroxyl groups excluding tert-OH is 1. The van der Waals surface area contributed by atoms with Crippen molar-refractivity contribution in [2.45, 2.75) is 64.8 Å². The van der Waals surface area contributed by atoms with E-state index < -0.39 is 29.5 Å². The maximum atomic E-state index is 14.1. The van der Waals surface area contributed by atoms with Crippen molar-refractivity contribution in [1.82, 2.24) is 35.6 Å². The number of phenolic OH excluding ortho intramolecular Hbond substituents is 1. The van der Waals surface area contributed by atoms with Crippen molar-refractivity contribution in [2.24, 2.45) is 5.41 Å². The van der Waals surface area contributed by atoms with Gasteiger partial charge in [0.05, 0.1) is 34.4 Å². The monoisotopic (exact) mass is 788 g/mol. The third-order valence-corrected chi connectivity index (χ3v) is 11.7. The molecule has 2 aliphatic heterocycles. The lowest BCUT2D eigenvalue weighted by Gasteiger charge is -2.40. The number of phenols is 1. The van der Waals surface area contributed by atoms with Crippen LogP contribution in [0.5, 0.6) is 5.75 Å². The van der Waals surface area contributed by atoms with E-state index in [0.717, 1.165) is 32.8 Å². The largest absolute Gasteiger partial charge is 0.507 e. The molecule has 5 aromatic rings. The summed E-state index contributed by atoms with van der Waals surface area (Å²) in [5.41, 5.74) is 14.1. The highest BCUT2D eigenvalue weighted by atomic mass is 32.1. The van der Waals surface area contributed by atoms with Gasteiger partial charge < -0.3 is 31.5 Å². The number of aryl methyl sites for hydroxylation is 1. The number of likely N-dealkylation sites (tertiary alicyclic amines) is 2. The van der Waals surface area contributed by atoms with Gasteiger partial charge in [-0.05, 0) is 52.8 Å². The fourth-order valence-corrected chi connectivity index (χ4v) is 8.30. The number of para-hydroxylation sites is 1. The van der Waals surface area contributed by atoms with E-state index in [2.05, 4.69) is 25.8 Å². The van der Waals surface area contributed by atoms with E-state index >= 15 is 0 Å². The lowest BCUT2D eigenvalue weighted by Crippen LogP contribution is -2.59. The predicted octanol–water partition coefficient (Wildman–Crippen LogP) is 4.74. The van der Waals surface area contributed by atoms with E-state index in [1.165, 1.54) is 4.90 Å². The number of hydrogen-bond acceptors (Lipinski definition) is 11. The lowest BCUT2D eigenvalue weighted by atomic mass is 9.85. The summed E-state index contributed by atoms with van der Waals surface area (Å²) in [6, 6.07) is 23.0. The molecular weight excluding hydrogens is 741 g/mol. The number of nitrogens with zero attached hydrogens (tertiary/aromatic N) is 5. The van der Waals surface area contributed by atoms with Crippen molar-refractivity contribution >= 4 is 34.9 Å². The van der Waals surface area contributed by atoms with Crippen LogP contribution < -0.4 is 16.4 Å². The SMILES string of the molecule is Cc1ncsc1-c1ccc(CNC(=O)[C@@H]2C[C@@H](O)CN2C(=O)[C@@H](NC(=O)CN2CC(c3ccc(-c4cc(-c5ccccc5O)nnc4N)cc3)C2)C(C)(C)C)cc1. The minimum Gasteiger partial charge on any atom is -0.507 e. The van der Waals surface area contributed by atoms with Crippen molar-refractivity contribution < 1.29 is 24.6 Å². The van der Waals surface area contributed by atoms with Gasteiger partial charge in [-0.2, -0.15) is 0 Å². The van der Waals surface area contributed by atoms with E-state index in [-0.39, 0.29) is 55.4 Å². The number of carbonyl (C=O) groups excluding carboxylic acids is 3. The Labute approximate surface area is 336 Å². The van der Waals surface area contributed by atoms with Gasteiger partial charge in [0.15, 0.2) is 5.82 Å². The third kappa shape index (κ3) is 8.83.